The van der Waals surface area contributed by atoms with E-state index in [0.717, 1.165) is 11.1 Å². The Labute approximate surface area is 128 Å². The molecule has 1 aromatic heterocycles. The minimum atomic E-state index is -0.383. The molecule has 0 radical (unpaired) electrons. The highest BCUT2D eigenvalue weighted by Crippen LogP contribution is 2.17. The number of aromatic nitrogens is 2. The third kappa shape index (κ3) is 3.03. The van der Waals surface area contributed by atoms with Crippen molar-refractivity contribution in [2.45, 2.75) is 13.0 Å². The molecule has 22 heavy (non-hydrogen) atoms. The topological polar surface area (TPSA) is 68.0 Å². The van der Waals surface area contributed by atoms with Gasteiger partial charge in [-0.25, -0.2) is 0 Å². The predicted molar refractivity (Wildman–Crippen MR) is 82.1 cm³/mol. The van der Waals surface area contributed by atoms with E-state index in [4.69, 9.17) is 4.42 Å². The number of hydrogen-bond donors (Lipinski definition) is 1. The first kappa shape index (κ1) is 14.0. The van der Waals surface area contributed by atoms with E-state index < -0.39 is 0 Å². The number of nitrogens with zero attached hydrogens (tertiary/aromatic N) is 2. The van der Waals surface area contributed by atoms with Crippen LogP contribution in [0.1, 0.15) is 29.2 Å². The molecule has 0 aliphatic heterocycles. The second kappa shape index (κ2) is 6.22. The van der Waals surface area contributed by atoms with Crippen molar-refractivity contribution >= 4 is 5.91 Å². The molecule has 5 nitrogen and oxygen atoms in total. The summed E-state index contributed by atoms with van der Waals surface area (Å²) in [5, 5.41) is 10.6. The Kier molecular flexibility index (Phi) is 3.96. The highest BCUT2D eigenvalue weighted by molar-refractivity contribution is 5.90. The van der Waals surface area contributed by atoms with Gasteiger partial charge >= 0.3 is 11.8 Å². The van der Waals surface area contributed by atoms with Gasteiger partial charge in [0.05, 0.1) is 6.04 Å². The van der Waals surface area contributed by atoms with Crippen LogP contribution >= 0.6 is 0 Å². The molecule has 0 saturated heterocycles. The summed E-state index contributed by atoms with van der Waals surface area (Å²) in [5.41, 5.74) is 1.80. The van der Waals surface area contributed by atoms with Crippen LogP contribution in [0.3, 0.4) is 0 Å². The number of carbonyl (C=O) groups excluding carboxylic acids is 1. The first-order chi connectivity index (χ1) is 10.7. The summed E-state index contributed by atoms with van der Waals surface area (Å²) in [6.07, 6.45) is 0. The third-order valence-electron chi connectivity index (χ3n) is 3.29. The van der Waals surface area contributed by atoms with E-state index in [0.29, 0.717) is 5.89 Å². The number of rotatable bonds is 4. The van der Waals surface area contributed by atoms with Crippen molar-refractivity contribution in [2.24, 2.45) is 0 Å². The predicted octanol–water partition coefficient (Wildman–Crippen LogP) is 3.23. The zero-order valence-corrected chi connectivity index (χ0v) is 12.1. The van der Waals surface area contributed by atoms with Gasteiger partial charge in [-0.05, 0) is 24.6 Å². The van der Waals surface area contributed by atoms with E-state index in [1.807, 2.05) is 67.6 Å². The Morgan fingerprint density at radius 3 is 2.32 bits per heavy atom. The summed E-state index contributed by atoms with van der Waals surface area (Å²) in [6.45, 7) is 1.90. The van der Waals surface area contributed by atoms with Crippen molar-refractivity contribution in [3.63, 3.8) is 0 Å². The summed E-state index contributed by atoms with van der Waals surface area (Å²) in [6, 6.07) is 18.9. The van der Waals surface area contributed by atoms with Gasteiger partial charge in [-0.1, -0.05) is 48.5 Å². The maximum absolute atomic E-state index is 12.2. The van der Waals surface area contributed by atoms with Crippen molar-refractivity contribution in [3.8, 4) is 11.5 Å². The number of hydrogen-bond acceptors (Lipinski definition) is 4. The van der Waals surface area contributed by atoms with Gasteiger partial charge in [-0.2, -0.15) is 0 Å². The Morgan fingerprint density at radius 2 is 1.64 bits per heavy atom. The molecule has 3 rings (SSSR count). The smallest absolute Gasteiger partial charge is 0.309 e. The van der Waals surface area contributed by atoms with Crippen LogP contribution in [-0.4, -0.2) is 16.1 Å². The molecule has 0 aliphatic carbocycles. The molecule has 2 aromatic carbocycles. The van der Waals surface area contributed by atoms with Gasteiger partial charge in [0.2, 0.25) is 5.89 Å². The van der Waals surface area contributed by atoms with E-state index in [9.17, 15) is 4.79 Å². The van der Waals surface area contributed by atoms with E-state index >= 15 is 0 Å². The van der Waals surface area contributed by atoms with Gasteiger partial charge in [0.1, 0.15) is 0 Å². The van der Waals surface area contributed by atoms with E-state index in [2.05, 4.69) is 15.5 Å². The minimum Gasteiger partial charge on any atom is -0.412 e. The average molecular weight is 293 g/mol. The van der Waals surface area contributed by atoms with E-state index in [1.165, 1.54) is 0 Å². The fourth-order valence-electron chi connectivity index (χ4n) is 2.10. The van der Waals surface area contributed by atoms with Gasteiger partial charge in [0.25, 0.3) is 0 Å². The SMILES string of the molecule is CC(NC(=O)c1nnc(-c2ccccc2)o1)c1ccccc1. The summed E-state index contributed by atoms with van der Waals surface area (Å²) in [4.78, 5) is 12.2. The lowest BCUT2D eigenvalue weighted by Crippen LogP contribution is -2.26. The number of carbonyl (C=O) groups is 1. The van der Waals surface area contributed by atoms with Crippen LogP contribution in [-0.2, 0) is 0 Å². The molecule has 1 N–H and O–H groups in total. The largest absolute Gasteiger partial charge is 0.412 e. The summed E-state index contributed by atoms with van der Waals surface area (Å²) < 4.78 is 5.43. The fraction of sp³-hybridized carbons (Fsp3) is 0.118. The molecule has 1 amide bonds. The van der Waals surface area contributed by atoms with Crippen molar-refractivity contribution < 1.29 is 9.21 Å². The summed E-state index contributed by atoms with van der Waals surface area (Å²) in [5.74, 6) is -0.0919. The second-order valence-electron chi connectivity index (χ2n) is 4.88. The van der Waals surface area contributed by atoms with Crippen LogP contribution in [0.4, 0.5) is 0 Å². The minimum absolute atomic E-state index is 0.0402. The molecule has 1 heterocycles. The number of benzene rings is 2. The molecular formula is C17H15N3O2. The molecule has 5 heteroatoms. The van der Waals surface area contributed by atoms with E-state index in [1.54, 1.807) is 0 Å². The highest BCUT2D eigenvalue weighted by Gasteiger charge is 2.18. The standard InChI is InChI=1S/C17H15N3O2/c1-12(13-8-4-2-5-9-13)18-15(21)17-20-19-16(22-17)14-10-6-3-7-11-14/h2-12H,1H3,(H,18,21). The summed E-state index contributed by atoms with van der Waals surface area (Å²) >= 11 is 0. The fourth-order valence-corrected chi connectivity index (χ4v) is 2.10. The molecule has 3 aromatic rings. The van der Waals surface area contributed by atoms with Gasteiger partial charge in [-0.15, -0.1) is 10.2 Å². The number of nitrogens with one attached hydrogen (secondary N) is 1. The van der Waals surface area contributed by atoms with Crippen LogP contribution in [0, 0.1) is 0 Å². The zero-order valence-electron chi connectivity index (χ0n) is 12.1. The third-order valence-corrected chi connectivity index (χ3v) is 3.29. The maximum Gasteiger partial charge on any atom is 0.309 e. The van der Waals surface area contributed by atoms with Crippen LogP contribution in [0.25, 0.3) is 11.5 Å². The van der Waals surface area contributed by atoms with E-state index in [-0.39, 0.29) is 17.8 Å². The quantitative estimate of drug-likeness (QED) is 0.802. The Hall–Kier alpha value is -2.95. The Morgan fingerprint density at radius 1 is 1.00 bits per heavy atom. The summed E-state index contributed by atoms with van der Waals surface area (Å²) in [7, 11) is 0. The van der Waals surface area contributed by atoms with Crippen molar-refractivity contribution in [3.05, 3.63) is 72.1 Å². The molecule has 110 valence electrons. The molecular weight excluding hydrogens is 278 g/mol. The van der Waals surface area contributed by atoms with Crippen LogP contribution in [0.2, 0.25) is 0 Å². The van der Waals surface area contributed by atoms with Crippen molar-refractivity contribution in [1.29, 1.82) is 0 Å². The molecule has 0 bridgehead atoms. The van der Waals surface area contributed by atoms with Gasteiger partial charge in [0, 0.05) is 5.56 Å². The molecule has 0 aliphatic rings. The lowest BCUT2D eigenvalue weighted by molar-refractivity contribution is 0.0905. The normalized spacial score (nSPS) is 11.9. The van der Waals surface area contributed by atoms with Gasteiger partial charge in [0.15, 0.2) is 0 Å². The Bertz CT molecular complexity index is 754. The maximum atomic E-state index is 12.2. The monoisotopic (exact) mass is 293 g/mol. The zero-order chi connectivity index (χ0) is 15.4. The van der Waals surface area contributed by atoms with Crippen molar-refractivity contribution in [1.82, 2.24) is 15.5 Å². The molecule has 0 saturated carbocycles. The second-order valence-corrected chi connectivity index (χ2v) is 4.88. The first-order valence-electron chi connectivity index (χ1n) is 6.99. The lowest BCUT2D eigenvalue weighted by Gasteiger charge is -2.12. The van der Waals surface area contributed by atoms with Crippen LogP contribution in [0.5, 0.6) is 0 Å². The molecule has 0 spiro atoms. The van der Waals surface area contributed by atoms with Crippen LogP contribution in [0.15, 0.2) is 65.1 Å². The number of amides is 1. The average Bonchev–Trinajstić information content (AvgIpc) is 3.06. The molecule has 1 atom stereocenters. The Balaban J connectivity index is 1.72. The highest BCUT2D eigenvalue weighted by atomic mass is 16.4. The lowest BCUT2D eigenvalue weighted by atomic mass is 10.1. The van der Waals surface area contributed by atoms with Gasteiger partial charge < -0.3 is 9.73 Å². The van der Waals surface area contributed by atoms with Crippen LogP contribution < -0.4 is 5.32 Å². The van der Waals surface area contributed by atoms with Crippen molar-refractivity contribution in [2.75, 3.05) is 0 Å². The van der Waals surface area contributed by atoms with Gasteiger partial charge in [-0.3, -0.25) is 4.79 Å². The molecule has 1 unspecified atom stereocenters. The first-order valence-corrected chi connectivity index (χ1v) is 6.99. The molecule has 0 fully saturated rings.